The van der Waals surface area contributed by atoms with Crippen LogP contribution in [0.25, 0.3) is 22.2 Å². The lowest BCUT2D eigenvalue weighted by Gasteiger charge is -2.12. The zero-order valence-electron chi connectivity index (χ0n) is 18.2. The van der Waals surface area contributed by atoms with Crippen molar-refractivity contribution >= 4 is 40.1 Å². The van der Waals surface area contributed by atoms with Gasteiger partial charge in [0.1, 0.15) is 11.4 Å². The van der Waals surface area contributed by atoms with Crippen molar-refractivity contribution in [1.82, 2.24) is 14.1 Å². The van der Waals surface area contributed by atoms with Crippen molar-refractivity contribution in [2.75, 3.05) is 12.3 Å². The van der Waals surface area contributed by atoms with Crippen LogP contribution in [0.3, 0.4) is 0 Å². The van der Waals surface area contributed by atoms with Crippen molar-refractivity contribution in [2.24, 2.45) is 14.1 Å². The van der Waals surface area contributed by atoms with Crippen molar-refractivity contribution in [3.05, 3.63) is 91.6 Å². The highest BCUT2D eigenvalue weighted by Crippen LogP contribution is 2.30. The number of carbonyl (C=O) groups is 2. The molecule has 172 valence electrons. The van der Waals surface area contributed by atoms with Gasteiger partial charge in [-0.25, -0.2) is 14.6 Å². The predicted octanol–water partition coefficient (Wildman–Crippen LogP) is 2.57. The number of aromatic nitrogens is 3. The van der Waals surface area contributed by atoms with Crippen LogP contribution in [0.15, 0.2) is 64.2 Å². The molecule has 0 saturated heterocycles. The summed E-state index contributed by atoms with van der Waals surface area (Å²) >= 11 is 6.31. The van der Waals surface area contributed by atoms with Crippen molar-refractivity contribution in [2.45, 2.75) is 0 Å². The molecule has 0 spiro atoms. The standard InChI is InChI=1S/C24H19ClN4O5/c1-28-21(26)20(22(31)29(2)24(28)33)19(30)12-34-23(32)15-11-18(14-8-3-5-9-16(14)25)27-17-10-6-4-7-13(15)17/h3-11H,12,26H2,1-2H3. The second-order valence-corrected chi connectivity index (χ2v) is 7.92. The van der Waals surface area contributed by atoms with Gasteiger partial charge in [-0.2, -0.15) is 0 Å². The molecule has 10 heteroatoms. The molecule has 2 aromatic heterocycles. The summed E-state index contributed by atoms with van der Waals surface area (Å²) in [5, 5.41) is 0.981. The van der Waals surface area contributed by atoms with Gasteiger partial charge in [-0.15, -0.1) is 0 Å². The summed E-state index contributed by atoms with van der Waals surface area (Å²) in [5.41, 5.74) is 5.65. The number of Topliss-reactive ketones (excluding diaryl/α,β-unsaturated/α-hetero) is 1. The molecule has 0 aliphatic rings. The van der Waals surface area contributed by atoms with Crippen LogP contribution >= 0.6 is 11.6 Å². The number of halogens is 1. The topological polar surface area (TPSA) is 126 Å². The fraction of sp³-hybridized carbons (Fsp3) is 0.125. The van der Waals surface area contributed by atoms with Crippen molar-refractivity contribution in [1.29, 1.82) is 0 Å². The number of fused-ring (bicyclic) bond motifs is 1. The Labute approximate surface area is 198 Å². The molecule has 2 aromatic carbocycles. The number of nitrogens with zero attached hydrogens (tertiary/aromatic N) is 3. The monoisotopic (exact) mass is 478 g/mol. The van der Waals surface area contributed by atoms with E-state index >= 15 is 0 Å². The average molecular weight is 479 g/mol. The number of para-hydroxylation sites is 1. The molecule has 34 heavy (non-hydrogen) atoms. The molecule has 9 nitrogen and oxygen atoms in total. The van der Waals surface area contributed by atoms with Crippen LogP contribution < -0.4 is 17.0 Å². The summed E-state index contributed by atoms with van der Waals surface area (Å²) in [6.45, 7) is -0.742. The lowest BCUT2D eigenvalue weighted by atomic mass is 10.0. The van der Waals surface area contributed by atoms with Crippen LogP contribution in [0.1, 0.15) is 20.7 Å². The van der Waals surface area contributed by atoms with E-state index in [1.165, 1.54) is 20.2 Å². The Kier molecular flexibility index (Phi) is 6.04. The molecular weight excluding hydrogens is 460 g/mol. The summed E-state index contributed by atoms with van der Waals surface area (Å²) in [7, 11) is 2.56. The molecule has 2 heterocycles. The smallest absolute Gasteiger partial charge is 0.339 e. The second-order valence-electron chi connectivity index (χ2n) is 7.52. The Bertz CT molecular complexity index is 1590. The van der Waals surface area contributed by atoms with Gasteiger partial charge >= 0.3 is 11.7 Å². The van der Waals surface area contributed by atoms with E-state index in [0.717, 1.165) is 9.13 Å². The maximum Gasteiger partial charge on any atom is 0.339 e. The average Bonchev–Trinajstić information content (AvgIpc) is 2.84. The number of hydrogen-bond acceptors (Lipinski definition) is 7. The maximum atomic E-state index is 13.0. The molecular formula is C24H19ClN4O5. The summed E-state index contributed by atoms with van der Waals surface area (Å²) < 4.78 is 6.99. The predicted molar refractivity (Wildman–Crippen MR) is 128 cm³/mol. The molecule has 0 amide bonds. The maximum absolute atomic E-state index is 13.0. The van der Waals surface area contributed by atoms with Gasteiger partial charge in [0.25, 0.3) is 5.56 Å². The minimum atomic E-state index is -0.864. The third kappa shape index (κ3) is 3.97. The van der Waals surface area contributed by atoms with Crippen LogP contribution in [0, 0.1) is 0 Å². The van der Waals surface area contributed by atoms with Crippen LogP contribution in [-0.4, -0.2) is 32.5 Å². The van der Waals surface area contributed by atoms with Crippen molar-refractivity contribution < 1.29 is 14.3 Å². The number of carbonyl (C=O) groups excluding carboxylic acids is 2. The van der Waals surface area contributed by atoms with Gasteiger partial charge in [-0.1, -0.05) is 48.0 Å². The van der Waals surface area contributed by atoms with Crippen LogP contribution in [0.2, 0.25) is 5.02 Å². The molecule has 0 radical (unpaired) electrons. The van der Waals surface area contributed by atoms with E-state index in [0.29, 0.717) is 27.2 Å². The van der Waals surface area contributed by atoms with Gasteiger partial charge in [0.15, 0.2) is 6.61 Å². The number of nitrogens with two attached hydrogens (primary N) is 1. The van der Waals surface area contributed by atoms with Crippen LogP contribution in [0.5, 0.6) is 0 Å². The number of hydrogen-bond donors (Lipinski definition) is 1. The lowest BCUT2D eigenvalue weighted by molar-refractivity contribution is 0.0476. The normalized spacial score (nSPS) is 10.9. The van der Waals surface area contributed by atoms with Gasteiger partial charge in [0.2, 0.25) is 5.78 Å². The number of ketones is 1. The van der Waals surface area contributed by atoms with E-state index in [1.807, 2.05) is 0 Å². The highest BCUT2D eigenvalue weighted by Gasteiger charge is 2.23. The number of nitrogen functional groups attached to an aromatic ring is 1. The molecule has 0 bridgehead atoms. The molecule has 0 unspecified atom stereocenters. The van der Waals surface area contributed by atoms with Crippen molar-refractivity contribution in [3.8, 4) is 11.3 Å². The first-order chi connectivity index (χ1) is 16.2. The third-order valence-electron chi connectivity index (χ3n) is 5.41. The van der Waals surface area contributed by atoms with Gasteiger partial charge in [0, 0.05) is 30.1 Å². The van der Waals surface area contributed by atoms with E-state index < -0.39 is 35.2 Å². The van der Waals surface area contributed by atoms with E-state index in [2.05, 4.69) is 4.98 Å². The number of pyridine rings is 1. The molecule has 0 fully saturated rings. The van der Waals surface area contributed by atoms with Gasteiger partial charge in [-0.05, 0) is 18.2 Å². The quantitative estimate of drug-likeness (QED) is 0.345. The number of anilines is 1. The Morgan fingerprint density at radius 1 is 1.03 bits per heavy atom. The number of ether oxygens (including phenoxy) is 1. The molecule has 4 rings (SSSR count). The molecule has 0 saturated carbocycles. The molecule has 0 aliphatic heterocycles. The fourth-order valence-corrected chi connectivity index (χ4v) is 3.79. The molecule has 0 atom stereocenters. The Balaban J connectivity index is 1.70. The third-order valence-corrected chi connectivity index (χ3v) is 5.74. The highest BCUT2D eigenvalue weighted by atomic mass is 35.5. The number of benzene rings is 2. The molecule has 0 aliphatic carbocycles. The van der Waals surface area contributed by atoms with E-state index in [9.17, 15) is 19.2 Å². The Morgan fingerprint density at radius 3 is 2.44 bits per heavy atom. The van der Waals surface area contributed by atoms with Gasteiger partial charge in [-0.3, -0.25) is 18.7 Å². The summed E-state index contributed by atoms with van der Waals surface area (Å²) in [5.74, 6) is -1.92. The fourth-order valence-electron chi connectivity index (χ4n) is 3.55. The number of esters is 1. The first-order valence-corrected chi connectivity index (χ1v) is 10.5. The summed E-state index contributed by atoms with van der Waals surface area (Å²) in [4.78, 5) is 54.7. The second kappa shape index (κ2) is 8.95. The first-order valence-electron chi connectivity index (χ1n) is 10.1. The van der Waals surface area contributed by atoms with Crippen molar-refractivity contribution in [3.63, 3.8) is 0 Å². The minimum absolute atomic E-state index is 0.176. The van der Waals surface area contributed by atoms with Crippen LogP contribution in [0.4, 0.5) is 5.82 Å². The largest absolute Gasteiger partial charge is 0.454 e. The summed E-state index contributed by atoms with van der Waals surface area (Å²) in [6.07, 6.45) is 0. The zero-order chi connectivity index (χ0) is 24.6. The Morgan fingerprint density at radius 2 is 1.71 bits per heavy atom. The van der Waals surface area contributed by atoms with Gasteiger partial charge in [0.05, 0.1) is 16.8 Å². The van der Waals surface area contributed by atoms with E-state index in [4.69, 9.17) is 22.1 Å². The molecule has 4 aromatic rings. The highest BCUT2D eigenvalue weighted by molar-refractivity contribution is 6.33. The van der Waals surface area contributed by atoms with Crippen LogP contribution in [-0.2, 0) is 18.8 Å². The summed E-state index contributed by atoms with van der Waals surface area (Å²) in [6, 6.07) is 15.6. The SMILES string of the molecule is Cn1c(N)c(C(=O)COC(=O)c2cc(-c3ccccc3Cl)nc3ccccc23)c(=O)n(C)c1=O. The number of rotatable bonds is 5. The minimum Gasteiger partial charge on any atom is -0.454 e. The van der Waals surface area contributed by atoms with E-state index in [-0.39, 0.29) is 11.4 Å². The van der Waals surface area contributed by atoms with Gasteiger partial charge < -0.3 is 10.5 Å². The Hall–Kier alpha value is -4.24. The van der Waals surface area contributed by atoms with E-state index in [1.54, 1.807) is 48.5 Å². The first kappa shape index (κ1) is 22.9. The zero-order valence-corrected chi connectivity index (χ0v) is 19.0. The molecule has 2 N–H and O–H groups in total. The lowest BCUT2D eigenvalue weighted by Crippen LogP contribution is -2.42.